The van der Waals surface area contributed by atoms with Gasteiger partial charge in [0.05, 0.1) is 22.0 Å². The van der Waals surface area contributed by atoms with E-state index in [9.17, 15) is 4.79 Å². The molecule has 2 aromatic heterocycles. The van der Waals surface area contributed by atoms with Gasteiger partial charge < -0.3 is 10.2 Å². The topological polar surface area (TPSA) is 86.3 Å². The summed E-state index contributed by atoms with van der Waals surface area (Å²) in [7, 11) is 0. The van der Waals surface area contributed by atoms with Crippen molar-refractivity contribution >= 4 is 53.3 Å². The molecule has 148 valence electrons. The molecule has 29 heavy (non-hydrogen) atoms. The zero-order valence-electron chi connectivity index (χ0n) is 15.9. The molecule has 2 aliphatic carbocycles. The highest BCUT2D eigenvalue weighted by molar-refractivity contribution is 14.2. The molecule has 4 aliphatic rings. The predicted molar refractivity (Wildman–Crippen MR) is 122 cm³/mol. The summed E-state index contributed by atoms with van der Waals surface area (Å²) in [5.41, 5.74) is 5.16. The van der Waals surface area contributed by atoms with Gasteiger partial charge in [0.15, 0.2) is 0 Å². The van der Waals surface area contributed by atoms with E-state index in [1.54, 1.807) is 12.4 Å². The van der Waals surface area contributed by atoms with Gasteiger partial charge in [0.1, 0.15) is 11.7 Å². The maximum atomic E-state index is 12.7. The van der Waals surface area contributed by atoms with Crippen molar-refractivity contribution in [2.24, 2.45) is 10.9 Å². The van der Waals surface area contributed by atoms with Gasteiger partial charge in [-0.1, -0.05) is 26.3 Å². The maximum absolute atomic E-state index is 12.7. The van der Waals surface area contributed by atoms with Crippen LogP contribution in [0.4, 0.5) is 5.82 Å². The number of halogens is 1. The molecular formula is C21H21IN6O. The second-order valence-electron chi connectivity index (χ2n) is 7.99. The van der Waals surface area contributed by atoms with Crippen molar-refractivity contribution in [3.05, 3.63) is 38.8 Å². The largest absolute Gasteiger partial charge is 0.342 e. The number of aliphatic imine (C=N–C) groups is 1. The summed E-state index contributed by atoms with van der Waals surface area (Å²) in [5.74, 6) is 2.25. The molecule has 0 bridgehead atoms. The number of hydrogen-bond acceptors (Lipinski definition) is 5. The third kappa shape index (κ3) is 2.95. The van der Waals surface area contributed by atoms with Gasteiger partial charge >= 0.3 is 0 Å². The standard InChI is InChI=1S/C21H21IN6O/c29-21(28-4-1-5-28)12-2-3-15-13(6-12)7-16-19(15)20(24-11-22-16)26-18-8-14-9-25-27-17(14)10-23-18/h8-12H,1-7H2,(H,25,27)(H,23,24,26)/t12-/m0/s1. The number of nitrogens with one attached hydrogen (secondary N) is 2. The molecule has 1 saturated heterocycles. The first-order chi connectivity index (χ1) is 14.3. The van der Waals surface area contributed by atoms with Crippen molar-refractivity contribution in [2.45, 2.75) is 32.1 Å². The first-order valence-electron chi connectivity index (χ1n) is 10.1. The number of likely N-dealkylation sites (tertiary alicyclic amines) is 1. The van der Waals surface area contributed by atoms with Crippen LogP contribution >= 0.6 is 20.7 Å². The molecule has 8 heteroatoms. The van der Waals surface area contributed by atoms with E-state index in [1.165, 1.54) is 20.3 Å². The summed E-state index contributed by atoms with van der Waals surface area (Å²) in [5, 5.41) is 11.5. The Morgan fingerprint density at radius 2 is 2.24 bits per heavy atom. The lowest BCUT2D eigenvalue weighted by atomic mass is 9.82. The molecule has 2 aromatic rings. The summed E-state index contributed by atoms with van der Waals surface area (Å²) >= 11 is -0.173. The highest BCUT2D eigenvalue weighted by Gasteiger charge is 2.37. The summed E-state index contributed by atoms with van der Waals surface area (Å²) in [4.78, 5) is 24.0. The van der Waals surface area contributed by atoms with Crippen molar-refractivity contribution in [3.63, 3.8) is 0 Å². The number of rotatable bonds is 2. The predicted octanol–water partition coefficient (Wildman–Crippen LogP) is 3.50. The molecule has 4 heterocycles. The Balaban J connectivity index is 1.25. The molecule has 2 N–H and O–H groups in total. The summed E-state index contributed by atoms with van der Waals surface area (Å²) in [6.45, 7) is 1.90. The Hall–Kier alpha value is -2.36. The molecule has 2 aliphatic heterocycles. The Morgan fingerprint density at radius 3 is 3.10 bits per heavy atom. The van der Waals surface area contributed by atoms with Crippen molar-refractivity contribution in [1.82, 2.24) is 20.1 Å². The molecular weight excluding hydrogens is 479 g/mol. The van der Waals surface area contributed by atoms with Crippen LogP contribution in [0.25, 0.3) is 10.9 Å². The van der Waals surface area contributed by atoms with Crippen molar-refractivity contribution in [2.75, 3.05) is 18.4 Å². The smallest absolute Gasteiger partial charge is 0.226 e. The highest BCUT2D eigenvalue weighted by atomic mass is 127. The fourth-order valence-electron chi connectivity index (χ4n) is 4.63. The zero-order valence-corrected chi connectivity index (χ0v) is 18.1. The van der Waals surface area contributed by atoms with E-state index in [-0.39, 0.29) is 26.6 Å². The Labute approximate surface area is 178 Å². The third-order valence-electron chi connectivity index (χ3n) is 6.29. The normalized spacial score (nSPS) is 23.4. The molecule has 1 fully saturated rings. The van der Waals surface area contributed by atoms with Crippen LogP contribution in [0.3, 0.4) is 0 Å². The number of carbonyl (C=O) groups is 1. The Kier molecular flexibility index (Phi) is 4.14. The van der Waals surface area contributed by atoms with E-state index in [2.05, 4.69) is 24.6 Å². The summed E-state index contributed by atoms with van der Waals surface area (Å²) in [6, 6.07) is 2.00. The van der Waals surface area contributed by atoms with Gasteiger partial charge in [0.25, 0.3) is 0 Å². The fraction of sp³-hybridized carbons (Fsp3) is 0.381. The van der Waals surface area contributed by atoms with E-state index >= 15 is 0 Å². The third-order valence-corrected chi connectivity index (χ3v) is 8.52. The van der Waals surface area contributed by atoms with E-state index < -0.39 is 0 Å². The number of allylic oxidation sites excluding steroid dienone is 2. The van der Waals surface area contributed by atoms with Gasteiger partial charge in [-0.2, -0.15) is 5.10 Å². The lowest BCUT2D eigenvalue weighted by Crippen LogP contribution is -2.45. The monoisotopic (exact) mass is 500 g/mol. The van der Waals surface area contributed by atoms with Crippen LogP contribution in [0.1, 0.15) is 32.1 Å². The minimum absolute atomic E-state index is 0.173. The summed E-state index contributed by atoms with van der Waals surface area (Å²) in [6.07, 6.45) is 8.66. The molecule has 6 rings (SSSR count). The highest BCUT2D eigenvalue weighted by Crippen LogP contribution is 2.48. The van der Waals surface area contributed by atoms with Crippen molar-refractivity contribution in [1.29, 1.82) is 0 Å². The molecule has 0 radical (unpaired) electrons. The first-order valence-corrected chi connectivity index (χ1v) is 12.4. The first kappa shape index (κ1) is 17.5. The van der Waals surface area contributed by atoms with E-state index in [1.807, 2.05) is 11.0 Å². The number of H-pyrrole nitrogens is 1. The fourth-order valence-corrected chi connectivity index (χ4v) is 6.96. The number of pyridine rings is 1. The van der Waals surface area contributed by atoms with E-state index in [4.69, 9.17) is 4.99 Å². The van der Waals surface area contributed by atoms with Crippen LogP contribution in [-0.4, -0.2) is 49.0 Å². The molecule has 0 aromatic carbocycles. The van der Waals surface area contributed by atoms with Gasteiger partial charge in [0, 0.05) is 40.0 Å². The molecule has 1 atom stereocenters. The average Bonchev–Trinajstić information content (AvgIpc) is 3.30. The van der Waals surface area contributed by atoms with Gasteiger partial charge in [-0.05, 0) is 37.3 Å². The molecule has 7 nitrogen and oxygen atoms in total. The number of aromatic amines is 1. The molecule has 1 amide bonds. The van der Waals surface area contributed by atoms with Crippen LogP contribution in [0.5, 0.6) is 0 Å². The second kappa shape index (κ2) is 6.86. The Morgan fingerprint density at radius 1 is 1.31 bits per heavy atom. The number of carbonyl (C=O) groups excluding carboxylic acids is 1. The van der Waals surface area contributed by atoms with E-state index in [0.29, 0.717) is 5.91 Å². The van der Waals surface area contributed by atoms with Crippen LogP contribution in [0.2, 0.25) is 0 Å². The number of anilines is 1. The van der Waals surface area contributed by atoms with Crippen LogP contribution in [0, 0.1) is 5.92 Å². The number of amides is 1. The van der Waals surface area contributed by atoms with Crippen LogP contribution in [0.15, 0.2) is 43.8 Å². The van der Waals surface area contributed by atoms with Crippen molar-refractivity contribution in [3.8, 4) is 0 Å². The zero-order chi connectivity index (χ0) is 19.4. The van der Waals surface area contributed by atoms with Crippen molar-refractivity contribution < 1.29 is 4.79 Å². The lowest BCUT2D eigenvalue weighted by molar-refractivity contribution is -0.139. The number of amidine groups is 1. The van der Waals surface area contributed by atoms with E-state index in [0.717, 1.165) is 67.8 Å². The maximum Gasteiger partial charge on any atom is 0.226 e. The van der Waals surface area contributed by atoms with Gasteiger partial charge in [-0.25, -0.2) is 9.98 Å². The Bertz CT molecular complexity index is 1150. The molecule has 0 unspecified atom stereocenters. The second-order valence-corrected chi connectivity index (χ2v) is 10.5. The molecule has 0 spiro atoms. The average molecular weight is 500 g/mol. The number of hydrogen-bond donors (Lipinski definition) is 2. The minimum Gasteiger partial charge on any atom is -0.342 e. The SMILES string of the molecule is O=C([C@H]1CCC2=C(CC3=C2C(Nc2cc4cn[nH]c4cn2)=NC=I3)C1)N1CCC1. The number of nitrogens with zero attached hydrogens (tertiary/aromatic N) is 4. The lowest BCUT2D eigenvalue weighted by Gasteiger charge is -2.35. The quantitative estimate of drug-likeness (QED) is 0.619. The van der Waals surface area contributed by atoms with Gasteiger partial charge in [-0.15, -0.1) is 0 Å². The molecule has 0 saturated carbocycles. The van der Waals surface area contributed by atoms with Gasteiger partial charge in [0.2, 0.25) is 5.91 Å². The summed E-state index contributed by atoms with van der Waals surface area (Å²) < 4.78 is 3.63. The minimum atomic E-state index is -0.173. The number of fused-ring (bicyclic) bond motifs is 2. The van der Waals surface area contributed by atoms with Gasteiger partial charge in [-0.3, -0.25) is 9.89 Å². The van der Waals surface area contributed by atoms with Crippen LogP contribution in [-0.2, 0) is 4.79 Å². The number of aromatic nitrogens is 3. The van der Waals surface area contributed by atoms with Crippen LogP contribution < -0.4 is 5.32 Å².